The van der Waals surface area contributed by atoms with Gasteiger partial charge in [-0.2, -0.15) is 4.89 Å². The lowest BCUT2D eigenvalue weighted by molar-refractivity contribution is -0.270. The second kappa shape index (κ2) is 6.25. The van der Waals surface area contributed by atoms with Crippen molar-refractivity contribution in [1.29, 1.82) is 0 Å². The Labute approximate surface area is 102 Å². The summed E-state index contributed by atoms with van der Waals surface area (Å²) in [6, 6.07) is 7.16. The predicted molar refractivity (Wildman–Crippen MR) is 67.0 cm³/mol. The molecule has 1 unspecified atom stereocenters. The van der Waals surface area contributed by atoms with Gasteiger partial charge in [0.2, 0.25) is 0 Å². The molecule has 0 aliphatic rings. The molecule has 4 nitrogen and oxygen atoms in total. The molecule has 0 bridgehead atoms. The number of hydrogen-bond acceptors (Lipinski definition) is 4. The van der Waals surface area contributed by atoms with E-state index in [1.165, 1.54) is 0 Å². The summed E-state index contributed by atoms with van der Waals surface area (Å²) in [7, 11) is 3.89. The molecule has 4 heteroatoms. The molecule has 1 aromatic carbocycles. The van der Waals surface area contributed by atoms with Crippen LogP contribution in [0.1, 0.15) is 30.6 Å². The molecule has 94 valence electrons. The SMILES string of the molecule is CCC(C)OOC(=O)c1ccc(N(C)C)cc1. The maximum absolute atomic E-state index is 11.6. The number of nitrogens with zero attached hydrogens (tertiary/aromatic N) is 1. The number of carbonyl (C=O) groups excluding carboxylic acids is 1. The van der Waals surface area contributed by atoms with Crippen molar-refractivity contribution < 1.29 is 14.6 Å². The molecule has 0 spiro atoms. The molecule has 1 aromatic rings. The monoisotopic (exact) mass is 237 g/mol. The highest BCUT2D eigenvalue weighted by Crippen LogP contribution is 2.13. The second-order valence-corrected chi connectivity index (χ2v) is 4.13. The van der Waals surface area contributed by atoms with Crippen molar-refractivity contribution in [2.24, 2.45) is 0 Å². The number of rotatable bonds is 5. The Bertz CT molecular complexity index is 359. The summed E-state index contributed by atoms with van der Waals surface area (Å²) in [6.07, 6.45) is 0.715. The summed E-state index contributed by atoms with van der Waals surface area (Å²) >= 11 is 0. The van der Waals surface area contributed by atoms with E-state index in [2.05, 4.69) is 0 Å². The molecule has 0 N–H and O–H groups in total. The minimum absolute atomic E-state index is 0.0833. The quantitative estimate of drug-likeness (QED) is 0.583. The van der Waals surface area contributed by atoms with Gasteiger partial charge in [-0.1, -0.05) is 6.92 Å². The minimum atomic E-state index is -0.462. The highest BCUT2D eigenvalue weighted by molar-refractivity contribution is 5.89. The van der Waals surface area contributed by atoms with Crippen LogP contribution in [0.5, 0.6) is 0 Å². The lowest BCUT2D eigenvalue weighted by Crippen LogP contribution is -2.13. The topological polar surface area (TPSA) is 38.8 Å². The van der Waals surface area contributed by atoms with Crippen LogP contribution in [0.4, 0.5) is 5.69 Å². The maximum Gasteiger partial charge on any atom is 0.373 e. The van der Waals surface area contributed by atoms with Crippen molar-refractivity contribution in [1.82, 2.24) is 0 Å². The summed E-state index contributed by atoms with van der Waals surface area (Å²) in [6.45, 7) is 3.81. The molecule has 0 saturated heterocycles. The van der Waals surface area contributed by atoms with E-state index in [4.69, 9.17) is 9.78 Å². The number of carbonyl (C=O) groups is 1. The molecule has 0 amide bonds. The van der Waals surface area contributed by atoms with E-state index in [1.807, 2.05) is 45.0 Å². The van der Waals surface area contributed by atoms with Gasteiger partial charge in [-0.15, -0.1) is 0 Å². The molecule has 1 atom stereocenters. The molecule has 0 saturated carbocycles. The normalized spacial score (nSPS) is 12.0. The average molecular weight is 237 g/mol. The van der Waals surface area contributed by atoms with Crippen LogP contribution in [-0.2, 0) is 9.78 Å². The first-order chi connectivity index (χ1) is 8.04. The summed E-state index contributed by atoms with van der Waals surface area (Å²) in [4.78, 5) is 23.2. The fraction of sp³-hybridized carbons (Fsp3) is 0.462. The lowest BCUT2D eigenvalue weighted by Gasteiger charge is -2.12. The van der Waals surface area contributed by atoms with E-state index in [0.29, 0.717) is 5.56 Å². The Morgan fingerprint density at radius 2 is 1.88 bits per heavy atom. The third-order valence-electron chi connectivity index (χ3n) is 2.48. The third kappa shape index (κ3) is 4.07. The highest BCUT2D eigenvalue weighted by Gasteiger charge is 2.10. The summed E-state index contributed by atoms with van der Waals surface area (Å²) in [5, 5.41) is 0. The van der Waals surface area contributed by atoms with Crippen LogP contribution in [0.15, 0.2) is 24.3 Å². The lowest BCUT2D eigenvalue weighted by atomic mass is 10.2. The van der Waals surface area contributed by atoms with Gasteiger partial charge >= 0.3 is 5.97 Å². The first-order valence-corrected chi connectivity index (χ1v) is 5.69. The molecule has 17 heavy (non-hydrogen) atoms. The van der Waals surface area contributed by atoms with E-state index < -0.39 is 5.97 Å². The van der Waals surface area contributed by atoms with Gasteiger partial charge in [0, 0.05) is 19.8 Å². The highest BCUT2D eigenvalue weighted by atomic mass is 17.2. The summed E-state index contributed by atoms with van der Waals surface area (Å²) in [5.74, 6) is -0.462. The van der Waals surface area contributed by atoms with Gasteiger partial charge < -0.3 is 4.90 Å². The van der Waals surface area contributed by atoms with Gasteiger partial charge in [0.1, 0.15) is 6.10 Å². The Kier molecular flexibility index (Phi) is 4.97. The van der Waals surface area contributed by atoms with Gasteiger partial charge in [-0.3, -0.25) is 4.89 Å². The zero-order chi connectivity index (χ0) is 12.8. The maximum atomic E-state index is 11.6. The van der Waals surface area contributed by atoms with Crippen molar-refractivity contribution in [3.05, 3.63) is 29.8 Å². The standard InChI is InChI=1S/C13H19NO3/c1-5-10(2)16-17-13(15)11-6-8-12(9-7-11)14(3)4/h6-10H,5H2,1-4H3. The molecular weight excluding hydrogens is 218 g/mol. The van der Waals surface area contributed by atoms with Gasteiger partial charge in [0.05, 0.1) is 5.56 Å². The van der Waals surface area contributed by atoms with Gasteiger partial charge in [0.25, 0.3) is 0 Å². The van der Waals surface area contributed by atoms with Crippen LogP contribution >= 0.6 is 0 Å². The van der Waals surface area contributed by atoms with Crippen LogP contribution in [0, 0.1) is 0 Å². The van der Waals surface area contributed by atoms with Gasteiger partial charge in [-0.25, -0.2) is 4.79 Å². The number of hydrogen-bond donors (Lipinski definition) is 0. The van der Waals surface area contributed by atoms with Crippen molar-refractivity contribution >= 4 is 11.7 Å². The second-order valence-electron chi connectivity index (χ2n) is 4.13. The van der Waals surface area contributed by atoms with Gasteiger partial charge in [-0.05, 0) is 37.6 Å². The fourth-order valence-corrected chi connectivity index (χ4v) is 1.14. The fourth-order valence-electron chi connectivity index (χ4n) is 1.14. The predicted octanol–water partition coefficient (Wildman–Crippen LogP) is 2.64. The Hall–Kier alpha value is -1.55. The van der Waals surface area contributed by atoms with Crippen LogP contribution in [0.25, 0.3) is 0 Å². The molecule has 0 radical (unpaired) electrons. The van der Waals surface area contributed by atoms with Crippen LogP contribution < -0.4 is 4.90 Å². The van der Waals surface area contributed by atoms with Crippen LogP contribution in [0.2, 0.25) is 0 Å². The molecule has 0 aliphatic carbocycles. The van der Waals surface area contributed by atoms with E-state index >= 15 is 0 Å². The summed E-state index contributed by atoms with van der Waals surface area (Å²) in [5.41, 5.74) is 1.52. The minimum Gasteiger partial charge on any atom is -0.378 e. The molecule has 1 rings (SSSR count). The molecule has 0 aromatic heterocycles. The van der Waals surface area contributed by atoms with Crippen LogP contribution in [0.3, 0.4) is 0 Å². The van der Waals surface area contributed by atoms with Gasteiger partial charge in [0.15, 0.2) is 0 Å². The van der Waals surface area contributed by atoms with Crippen LogP contribution in [-0.4, -0.2) is 26.2 Å². The Morgan fingerprint density at radius 1 is 1.29 bits per heavy atom. The number of anilines is 1. The Morgan fingerprint density at radius 3 is 2.35 bits per heavy atom. The molecular formula is C13H19NO3. The van der Waals surface area contributed by atoms with E-state index in [0.717, 1.165) is 12.1 Å². The zero-order valence-corrected chi connectivity index (χ0v) is 10.8. The molecule has 0 aliphatic heterocycles. The molecule has 0 heterocycles. The largest absolute Gasteiger partial charge is 0.378 e. The van der Waals surface area contributed by atoms with Crippen molar-refractivity contribution in [3.8, 4) is 0 Å². The van der Waals surface area contributed by atoms with E-state index in [1.54, 1.807) is 12.1 Å². The van der Waals surface area contributed by atoms with E-state index in [-0.39, 0.29) is 6.10 Å². The zero-order valence-electron chi connectivity index (χ0n) is 10.8. The van der Waals surface area contributed by atoms with Crippen molar-refractivity contribution in [2.45, 2.75) is 26.4 Å². The first kappa shape index (κ1) is 13.5. The van der Waals surface area contributed by atoms with Crippen molar-refractivity contribution in [3.63, 3.8) is 0 Å². The average Bonchev–Trinajstić information content (AvgIpc) is 2.35. The third-order valence-corrected chi connectivity index (χ3v) is 2.48. The number of benzene rings is 1. The first-order valence-electron chi connectivity index (χ1n) is 5.69. The van der Waals surface area contributed by atoms with E-state index in [9.17, 15) is 4.79 Å². The molecule has 0 fully saturated rings. The summed E-state index contributed by atoms with van der Waals surface area (Å²) < 4.78 is 0. The smallest absolute Gasteiger partial charge is 0.373 e. The van der Waals surface area contributed by atoms with Crippen molar-refractivity contribution in [2.75, 3.05) is 19.0 Å². The Balaban J connectivity index is 2.58.